The molecule has 8 nitrogen and oxygen atoms in total. The van der Waals surface area contributed by atoms with E-state index in [9.17, 15) is 9.59 Å². The minimum absolute atomic E-state index is 0.0466. The van der Waals surface area contributed by atoms with Crippen LogP contribution in [0, 0.1) is 23.2 Å². The molecule has 2 amide bonds. The van der Waals surface area contributed by atoms with Gasteiger partial charge in [-0.2, -0.15) is 10.2 Å². The highest BCUT2D eigenvalue weighted by Gasteiger charge is 2.27. The van der Waals surface area contributed by atoms with Crippen LogP contribution in [0.2, 0.25) is 0 Å². The Morgan fingerprint density at radius 1 is 1.44 bits per heavy atom. The van der Waals surface area contributed by atoms with Crippen molar-refractivity contribution in [2.24, 2.45) is 11.8 Å². The molecule has 0 aliphatic carbocycles. The highest BCUT2D eigenvalue weighted by atomic mass is 16.2. The van der Waals surface area contributed by atoms with Gasteiger partial charge in [0, 0.05) is 44.7 Å². The van der Waals surface area contributed by atoms with Crippen LogP contribution in [0.25, 0.3) is 0 Å². The van der Waals surface area contributed by atoms with Crippen LogP contribution < -0.4 is 10.4 Å². The fourth-order valence-corrected chi connectivity index (χ4v) is 2.80. The second-order valence-electron chi connectivity index (χ2n) is 6.61. The Morgan fingerprint density at radius 3 is 2.68 bits per heavy atom. The molecular formula is C17H24N6O2. The first kappa shape index (κ1) is 18.6. The van der Waals surface area contributed by atoms with Gasteiger partial charge in [0.05, 0.1) is 0 Å². The SMILES string of the molecule is CC(=O)N1CCC(C(=O)NN(CC(C)C)c2ccnc(C#N)n2)CC1. The first-order valence-electron chi connectivity index (χ1n) is 8.47. The van der Waals surface area contributed by atoms with E-state index in [1.807, 2.05) is 19.9 Å². The van der Waals surface area contributed by atoms with Crippen molar-refractivity contribution in [3.63, 3.8) is 0 Å². The molecule has 2 rings (SSSR count). The molecule has 0 bridgehead atoms. The minimum atomic E-state index is -0.137. The number of hydrogen-bond acceptors (Lipinski definition) is 6. The van der Waals surface area contributed by atoms with Crippen molar-refractivity contribution >= 4 is 17.6 Å². The number of rotatable bonds is 5. The Labute approximate surface area is 147 Å². The Balaban J connectivity index is 2.05. The summed E-state index contributed by atoms with van der Waals surface area (Å²) < 4.78 is 0. The number of piperidine rings is 1. The lowest BCUT2D eigenvalue weighted by Crippen LogP contribution is -2.49. The van der Waals surface area contributed by atoms with Gasteiger partial charge in [-0.15, -0.1) is 0 Å². The van der Waals surface area contributed by atoms with Crippen molar-refractivity contribution in [3.8, 4) is 6.07 Å². The predicted molar refractivity (Wildman–Crippen MR) is 92.1 cm³/mol. The van der Waals surface area contributed by atoms with Gasteiger partial charge in [-0.3, -0.25) is 20.0 Å². The number of likely N-dealkylation sites (tertiary alicyclic amines) is 1. The molecular weight excluding hydrogens is 320 g/mol. The average Bonchev–Trinajstić information content (AvgIpc) is 2.60. The summed E-state index contributed by atoms with van der Waals surface area (Å²) in [6, 6.07) is 3.58. The monoisotopic (exact) mass is 344 g/mol. The fourth-order valence-electron chi connectivity index (χ4n) is 2.80. The molecule has 0 spiro atoms. The summed E-state index contributed by atoms with van der Waals surface area (Å²) in [5.41, 5.74) is 2.92. The summed E-state index contributed by atoms with van der Waals surface area (Å²) in [5, 5.41) is 10.6. The van der Waals surface area contributed by atoms with E-state index in [1.165, 1.54) is 6.20 Å². The zero-order chi connectivity index (χ0) is 18.4. The number of hydrazine groups is 1. The van der Waals surface area contributed by atoms with Gasteiger partial charge in [-0.25, -0.2) is 4.98 Å². The van der Waals surface area contributed by atoms with Crippen LogP contribution in [0.4, 0.5) is 5.82 Å². The van der Waals surface area contributed by atoms with E-state index in [0.29, 0.717) is 44.2 Å². The summed E-state index contributed by atoms with van der Waals surface area (Å²) in [6.07, 6.45) is 2.80. The van der Waals surface area contributed by atoms with Crippen LogP contribution in [0.1, 0.15) is 39.4 Å². The van der Waals surface area contributed by atoms with E-state index in [2.05, 4.69) is 15.4 Å². The van der Waals surface area contributed by atoms with E-state index in [4.69, 9.17) is 5.26 Å². The van der Waals surface area contributed by atoms with E-state index < -0.39 is 0 Å². The van der Waals surface area contributed by atoms with Gasteiger partial charge in [0.2, 0.25) is 17.6 Å². The summed E-state index contributed by atoms with van der Waals surface area (Å²) in [6.45, 7) is 7.40. The molecule has 1 saturated heterocycles. The quantitative estimate of drug-likeness (QED) is 0.803. The fraction of sp³-hybridized carbons (Fsp3) is 0.588. The Kier molecular flexibility index (Phi) is 6.28. The lowest BCUT2D eigenvalue weighted by atomic mass is 9.96. The smallest absolute Gasteiger partial charge is 0.241 e. The van der Waals surface area contributed by atoms with Crippen LogP contribution in [0.15, 0.2) is 12.3 Å². The third-order valence-corrected chi connectivity index (χ3v) is 4.12. The molecule has 0 unspecified atom stereocenters. The van der Waals surface area contributed by atoms with Gasteiger partial charge < -0.3 is 4.90 Å². The number of carbonyl (C=O) groups excluding carboxylic acids is 2. The highest BCUT2D eigenvalue weighted by Crippen LogP contribution is 2.18. The van der Waals surface area contributed by atoms with Crippen molar-refractivity contribution in [2.45, 2.75) is 33.6 Å². The third-order valence-electron chi connectivity index (χ3n) is 4.12. The van der Waals surface area contributed by atoms with Crippen LogP contribution in [0.5, 0.6) is 0 Å². The van der Waals surface area contributed by atoms with Gasteiger partial charge in [-0.05, 0) is 18.8 Å². The average molecular weight is 344 g/mol. The molecule has 0 atom stereocenters. The molecule has 0 aromatic carbocycles. The van der Waals surface area contributed by atoms with E-state index >= 15 is 0 Å². The van der Waals surface area contributed by atoms with Gasteiger partial charge in [0.15, 0.2) is 5.82 Å². The molecule has 8 heteroatoms. The maximum atomic E-state index is 12.6. The number of hydrogen-bond donors (Lipinski definition) is 1. The molecule has 1 N–H and O–H groups in total. The van der Waals surface area contributed by atoms with Crippen LogP contribution >= 0.6 is 0 Å². The molecule has 2 heterocycles. The van der Waals surface area contributed by atoms with E-state index in [1.54, 1.807) is 22.9 Å². The predicted octanol–water partition coefficient (Wildman–Crippen LogP) is 1.10. The van der Waals surface area contributed by atoms with Crippen LogP contribution in [0.3, 0.4) is 0 Å². The van der Waals surface area contributed by atoms with Gasteiger partial charge in [0.25, 0.3) is 0 Å². The number of nitrogens with zero attached hydrogens (tertiary/aromatic N) is 5. The second-order valence-corrected chi connectivity index (χ2v) is 6.61. The lowest BCUT2D eigenvalue weighted by Gasteiger charge is -2.33. The normalized spacial score (nSPS) is 14.9. The lowest BCUT2D eigenvalue weighted by molar-refractivity contribution is -0.134. The van der Waals surface area contributed by atoms with Gasteiger partial charge in [-0.1, -0.05) is 13.8 Å². The molecule has 0 saturated carbocycles. The molecule has 25 heavy (non-hydrogen) atoms. The molecule has 1 aliphatic rings. The van der Waals surface area contributed by atoms with Crippen molar-refractivity contribution in [1.29, 1.82) is 5.26 Å². The van der Waals surface area contributed by atoms with Crippen molar-refractivity contribution in [3.05, 3.63) is 18.1 Å². The van der Waals surface area contributed by atoms with Crippen molar-refractivity contribution in [1.82, 2.24) is 20.3 Å². The third kappa shape index (κ3) is 5.14. The van der Waals surface area contributed by atoms with Crippen molar-refractivity contribution < 1.29 is 9.59 Å². The van der Waals surface area contributed by atoms with E-state index in [0.717, 1.165) is 0 Å². The standard InChI is InChI=1S/C17H24N6O2/c1-12(2)11-23(16-4-7-19-15(10-18)20-16)21-17(25)14-5-8-22(9-6-14)13(3)24/h4,7,12,14H,5-6,8-9,11H2,1-3H3,(H,21,25). The number of nitriles is 1. The Hall–Kier alpha value is -2.69. The van der Waals surface area contributed by atoms with Gasteiger partial charge in [0.1, 0.15) is 6.07 Å². The number of nitrogens with one attached hydrogen (secondary N) is 1. The van der Waals surface area contributed by atoms with Gasteiger partial charge >= 0.3 is 0 Å². The minimum Gasteiger partial charge on any atom is -0.343 e. The zero-order valence-electron chi connectivity index (χ0n) is 14.9. The highest BCUT2D eigenvalue weighted by molar-refractivity contribution is 5.81. The Bertz CT molecular complexity index is 661. The summed E-state index contributed by atoms with van der Waals surface area (Å²) in [4.78, 5) is 33.8. The summed E-state index contributed by atoms with van der Waals surface area (Å²) >= 11 is 0. The number of carbonyl (C=O) groups is 2. The first-order valence-corrected chi connectivity index (χ1v) is 8.47. The first-order chi connectivity index (χ1) is 11.9. The maximum absolute atomic E-state index is 12.6. The topological polar surface area (TPSA) is 102 Å². The van der Waals surface area contributed by atoms with Crippen LogP contribution in [-0.2, 0) is 9.59 Å². The maximum Gasteiger partial charge on any atom is 0.241 e. The second kappa shape index (κ2) is 8.42. The largest absolute Gasteiger partial charge is 0.343 e. The van der Waals surface area contributed by atoms with Crippen molar-refractivity contribution in [2.75, 3.05) is 24.6 Å². The summed E-state index contributed by atoms with van der Waals surface area (Å²) in [7, 11) is 0. The molecule has 134 valence electrons. The summed E-state index contributed by atoms with van der Waals surface area (Å²) in [5.74, 6) is 0.680. The zero-order valence-corrected chi connectivity index (χ0v) is 14.9. The molecule has 1 aromatic heterocycles. The number of anilines is 1. The molecule has 0 radical (unpaired) electrons. The number of aromatic nitrogens is 2. The van der Waals surface area contributed by atoms with E-state index in [-0.39, 0.29) is 23.6 Å². The molecule has 1 aromatic rings. The number of amides is 2. The molecule has 1 fully saturated rings. The Morgan fingerprint density at radius 2 is 2.12 bits per heavy atom. The van der Waals surface area contributed by atoms with Crippen LogP contribution in [-0.4, -0.2) is 46.3 Å². The molecule has 1 aliphatic heterocycles.